The van der Waals surface area contributed by atoms with Crippen LogP contribution in [0.4, 0.5) is 0 Å². The Morgan fingerprint density at radius 2 is 2.08 bits per heavy atom. The Labute approximate surface area is 82.7 Å². The van der Waals surface area contributed by atoms with Crippen molar-refractivity contribution in [2.75, 3.05) is 0 Å². The van der Waals surface area contributed by atoms with Crippen LogP contribution in [0, 0.1) is 11.8 Å². The fraction of sp³-hybridized carbons (Fsp3) is 0.692. The minimum atomic E-state index is 0.719. The van der Waals surface area contributed by atoms with E-state index in [-0.39, 0.29) is 0 Å². The van der Waals surface area contributed by atoms with Gasteiger partial charge < -0.3 is 0 Å². The highest BCUT2D eigenvalue weighted by Gasteiger charge is 2.25. The van der Waals surface area contributed by atoms with Crippen molar-refractivity contribution in [1.82, 2.24) is 0 Å². The predicted molar refractivity (Wildman–Crippen MR) is 59.7 cm³/mol. The molecule has 2 unspecified atom stereocenters. The van der Waals surface area contributed by atoms with E-state index in [1.165, 1.54) is 36.8 Å². The van der Waals surface area contributed by atoms with E-state index < -0.39 is 0 Å². The molecule has 0 heterocycles. The molecule has 0 amide bonds. The molecule has 0 heteroatoms. The van der Waals surface area contributed by atoms with Gasteiger partial charge in [0.25, 0.3) is 0 Å². The summed E-state index contributed by atoms with van der Waals surface area (Å²) in [6, 6.07) is 0. The number of unbranched alkanes of at least 4 members (excludes halogenated alkanes) is 1. The molecule has 1 rings (SSSR count). The number of hydrogen-bond donors (Lipinski definition) is 0. The Kier molecular flexibility index (Phi) is 3.77. The zero-order valence-electron chi connectivity index (χ0n) is 9.10. The maximum Gasteiger partial charge on any atom is -0.0111 e. The highest BCUT2D eigenvalue weighted by Crippen LogP contribution is 2.38. The van der Waals surface area contributed by atoms with Crippen molar-refractivity contribution in [3.8, 4) is 0 Å². The van der Waals surface area contributed by atoms with Gasteiger partial charge >= 0.3 is 0 Å². The van der Waals surface area contributed by atoms with Crippen molar-refractivity contribution in [2.45, 2.75) is 46.0 Å². The summed E-state index contributed by atoms with van der Waals surface area (Å²) in [5.74, 6) is 1.55. The van der Waals surface area contributed by atoms with Crippen LogP contribution in [-0.2, 0) is 0 Å². The first-order valence-electron chi connectivity index (χ1n) is 5.49. The zero-order chi connectivity index (χ0) is 9.84. The standard InChI is InChI=1S/C13H22/c1-5-6-7-13-9-10(2)8-11(3)12(13)4/h12-13H,2-3,5-9H2,1,4H3. The van der Waals surface area contributed by atoms with Crippen molar-refractivity contribution < 1.29 is 0 Å². The van der Waals surface area contributed by atoms with Gasteiger partial charge in [-0.05, 0) is 31.1 Å². The fourth-order valence-electron chi connectivity index (χ4n) is 2.25. The first-order valence-corrected chi connectivity index (χ1v) is 5.49. The van der Waals surface area contributed by atoms with Crippen LogP contribution in [0.1, 0.15) is 46.0 Å². The average Bonchev–Trinajstić information content (AvgIpc) is 2.09. The van der Waals surface area contributed by atoms with Gasteiger partial charge in [0.05, 0.1) is 0 Å². The second-order valence-corrected chi connectivity index (χ2v) is 4.48. The van der Waals surface area contributed by atoms with E-state index in [4.69, 9.17) is 0 Å². The van der Waals surface area contributed by atoms with Crippen molar-refractivity contribution in [1.29, 1.82) is 0 Å². The minimum Gasteiger partial charge on any atom is -0.0995 e. The fourth-order valence-corrected chi connectivity index (χ4v) is 2.25. The summed E-state index contributed by atoms with van der Waals surface area (Å²) in [5, 5.41) is 0. The van der Waals surface area contributed by atoms with E-state index in [0.29, 0.717) is 0 Å². The van der Waals surface area contributed by atoms with E-state index in [2.05, 4.69) is 27.0 Å². The molecule has 0 saturated heterocycles. The van der Waals surface area contributed by atoms with Gasteiger partial charge in [0, 0.05) is 0 Å². The second-order valence-electron chi connectivity index (χ2n) is 4.48. The summed E-state index contributed by atoms with van der Waals surface area (Å²) in [6.07, 6.45) is 6.33. The van der Waals surface area contributed by atoms with Crippen LogP contribution in [-0.4, -0.2) is 0 Å². The maximum atomic E-state index is 4.14. The number of rotatable bonds is 3. The molecule has 2 atom stereocenters. The lowest BCUT2D eigenvalue weighted by Gasteiger charge is -2.32. The molecular formula is C13H22. The zero-order valence-corrected chi connectivity index (χ0v) is 9.10. The molecule has 0 aromatic carbocycles. The highest BCUT2D eigenvalue weighted by molar-refractivity contribution is 5.18. The molecule has 0 aliphatic heterocycles. The molecule has 1 aliphatic carbocycles. The normalized spacial score (nSPS) is 29.4. The molecule has 1 aliphatic rings. The Morgan fingerprint density at radius 1 is 1.38 bits per heavy atom. The summed E-state index contributed by atoms with van der Waals surface area (Å²) in [6.45, 7) is 12.8. The Hall–Kier alpha value is -0.520. The van der Waals surface area contributed by atoms with Crippen molar-refractivity contribution >= 4 is 0 Å². The SMILES string of the molecule is C=C1CC(=C)C(C)C(CCCC)C1. The Balaban J connectivity index is 2.50. The first kappa shape index (κ1) is 10.6. The van der Waals surface area contributed by atoms with E-state index in [1.807, 2.05) is 0 Å². The topological polar surface area (TPSA) is 0 Å². The minimum absolute atomic E-state index is 0.719. The van der Waals surface area contributed by atoms with Crippen molar-refractivity contribution in [3.63, 3.8) is 0 Å². The summed E-state index contributed by atoms with van der Waals surface area (Å²) in [4.78, 5) is 0. The van der Waals surface area contributed by atoms with E-state index in [9.17, 15) is 0 Å². The van der Waals surface area contributed by atoms with Gasteiger partial charge in [0.2, 0.25) is 0 Å². The van der Waals surface area contributed by atoms with Gasteiger partial charge in [-0.15, -0.1) is 0 Å². The van der Waals surface area contributed by atoms with E-state index in [1.54, 1.807) is 0 Å². The molecule has 0 aromatic heterocycles. The molecule has 0 nitrogen and oxygen atoms in total. The predicted octanol–water partition coefficient (Wildman–Crippen LogP) is 4.34. The lowest BCUT2D eigenvalue weighted by molar-refractivity contribution is 0.336. The van der Waals surface area contributed by atoms with Gasteiger partial charge in [-0.1, -0.05) is 51.0 Å². The average molecular weight is 178 g/mol. The second kappa shape index (κ2) is 4.64. The molecule has 0 bridgehead atoms. The Morgan fingerprint density at radius 3 is 2.69 bits per heavy atom. The number of allylic oxidation sites excluding steroid dienone is 2. The molecule has 13 heavy (non-hydrogen) atoms. The van der Waals surface area contributed by atoms with Crippen LogP contribution >= 0.6 is 0 Å². The smallest absolute Gasteiger partial charge is 0.0111 e. The Bertz CT molecular complexity index is 200. The highest BCUT2D eigenvalue weighted by atomic mass is 14.3. The summed E-state index contributed by atoms with van der Waals surface area (Å²) in [7, 11) is 0. The molecule has 1 saturated carbocycles. The van der Waals surface area contributed by atoms with E-state index in [0.717, 1.165) is 18.3 Å². The van der Waals surface area contributed by atoms with Crippen LogP contribution < -0.4 is 0 Å². The molecular weight excluding hydrogens is 156 g/mol. The van der Waals surface area contributed by atoms with Crippen LogP contribution in [0.15, 0.2) is 24.3 Å². The van der Waals surface area contributed by atoms with Crippen molar-refractivity contribution in [3.05, 3.63) is 24.3 Å². The van der Waals surface area contributed by atoms with Gasteiger partial charge in [0.1, 0.15) is 0 Å². The monoisotopic (exact) mass is 178 g/mol. The third kappa shape index (κ3) is 2.72. The van der Waals surface area contributed by atoms with Crippen LogP contribution in [0.3, 0.4) is 0 Å². The van der Waals surface area contributed by atoms with Gasteiger partial charge in [-0.2, -0.15) is 0 Å². The molecule has 0 radical (unpaired) electrons. The van der Waals surface area contributed by atoms with Crippen LogP contribution in [0.25, 0.3) is 0 Å². The molecule has 0 N–H and O–H groups in total. The lowest BCUT2D eigenvalue weighted by Crippen LogP contribution is -2.19. The van der Waals surface area contributed by atoms with Crippen molar-refractivity contribution in [2.24, 2.45) is 11.8 Å². The molecule has 74 valence electrons. The number of hydrogen-bond acceptors (Lipinski definition) is 0. The quantitative estimate of drug-likeness (QED) is 0.564. The van der Waals surface area contributed by atoms with Crippen LogP contribution in [0.5, 0.6) is 0 Å². The summed E-state index contributed by atoms with van der Waals surface area (Å²) < 4.78 is 0. The maximum absolute atomic E-state index is 4.14. The third-order valence-electron chi connectivity index (χ3n) is 3.31. The lowest BCUT2D eigenvalue weighted by atomic mass is 9.73. The largest absolute Gasteiger partial charge is 0.0995 e. The summed E-state index contributed by atoms with van der Waals surface area (Å²) >= 11 is 0. The van der Waals surface area contributed by atoms with Gasteiger partial charge in [-0.3, -0.25) is 0 Å². The van der Waals surface area contributed by atoms with Crippen LogP contribution in [0.2, 0.25) is 0 Å². The van der Waals surface area contributed by atoms with Gasteiger partial charge in [0.15, 0.2) is 0 Å². The summed E-state index contributed by atoms with van der Waals surface area (Å²) in [5.41, 5.74) is 2.79. The third-order valence-corrected chi connectivity index (χ3v) is 3.31. The van der Waals surface area contributed by atoms with Gasteiger partial charge in [-0.25, -0.2) is 0 Å². The molecule has 0 aromatic rings. The molecule has 1 fully saturated rings. The first-order chi connectivity index (χ1) is 6.15. The molecule has 0 spiro atoms. The van der Waals surface area contributed by atoms with E-state index >= 15 is 0 Å².